The van der Waals surface area contributed by atoms with Gasteiger partial charge in [-0.3, -0.25) is 5.10 Å². The summed E-state index contributed by atoms with van der Waals surface area (Å²) in [6, 6.07) is 5.73. The van der Waals surface area contributed by atoms with Crippen LogP contribution >= 0.6 is 11.8 Å². The van der Waals surface area contributed by atoms with Crippen LogP contribution in [0.15, 0.2) is 28.3 Å². The number of anilines is 1. The molecule has 3 N–H and O–H groups in total. The van der Waals surface area contributed by atoms with E-state index in [0.29, 0.717) is 23.2 Å². The average Bonchev–Trinajstić information content (AvgIpc) is 2.76. The van der Waals surface area contributed by atoms with Gasteiger partial charge >= 0.3 is 0 Å². The molecule has 0 fully saturated rings. The Morgan fingerprint density at radius 3 is 2.94 bits per heavy atom. The summed E-state index contributed by atoms with van der Waals surface area (Å²) >= 11 is 1.42. The number of nitrogen functional groups attached to an aromatic ring is 1. The molecule has 1 heterocycles. The van der Waals surface area contributed by atoms with E-state index in [-0.39, 0.29) is 0 Å². The molecule has 6 heteroatoms. The van der Waals surface area contributed by atoms with Crippen LogP contribution < -0.4 is 10.5 Å². The number of para-hydroxylation sites is 1. The van der Waals surface area contributed by atoms with Crippen molar-refractivity contribution in [3.8, 4) is 5.75 Å². The van der Waals surface area contributed by atoms with Gasteiger partial charge in [0.25, 0.3) is 0 Å². The van der Waals surface area contributed by atoms with Gasteiger partial charge in [-0.2, -0.15) is 0 Å². The molecule has 0 saturated carbocycles. The number of rotatable bonds is 5. The molecule has 0 radical (unpaired) electrons. The smallest absolute Gasteiger partial charge is 0.213 e. The minimum Gasteiger partial charge on any atom is -0.491 e. The minimum atomic E-state index is 0.637. The molecule has 5 nitrogen and oxygen atoms in total. The topological polar surface area (TPSA) is 76.8 Å². The average molecular weight is 264 g/mol. The Bertz CT molecular complexity index is 527. The van der Waals surface area contributed by atoms with Crippen molar-refractivity contribution >= 4 is 17.4 Å². The molecule has 0 atom stereocenters. The van der Waals surface area contributed by atoms with E-state index in [1.807, 2.05) is 25.1 Å². The van der Waals surface area contributed by atoms with Gasteiger partial charge in [-0.1, -0.05) is 13.0 Å². The van der Waals surface area contributed by atoms with Gasteiger partial charge in [0.15, 0.2) is 0 Å². The van der Waals surface area contributed by atoms with Crippen molar-refractivity contribution in [3.63, 3.8) is 0 Å². The van der Waals surface area contributed by atoms with Crippen LogP contribution in [0.4, 0.5) is 5.69 Å². The number of nitrogens with zero attached hydrogens (tertiary/aromatic N) is 2. The van der Waals surface area contributed by atoms with E-state index in [9.17, 15) is 0 Å². The zero-order valence-electron chi connectivity index (χ0n) is 10.4. The summed E-state index contributed by atoms with van der Waals surface area (Å²) in [6.45, 7) is 4.59. The lowest BCUT2D eigenvalue weighted by molar-refractivity contribution is 0.318. The summed E-state index contributed by atoms with van der Waals surface area (Å²) in [6.07, 6.45) is 0.955. The molecule has 0 aliphatic carbocycles. The number of nitrogens with two attached hydrogens (primary N) is 1. The van der Waals surface area contributed by atoms with Crippen molar-refractivity contribution in [1.29, 1.82) is 0 Å². The van der Waals surface area contributed by atoms with E-state index in [0.717, 1.165) is 17.1 Å². The van der Waals surface area contributed by atoms with Crippen molar-refractivity contribution in [2.75, 3.05) is 12.3 Å². The van der Waals surface area contributed by atoms with Gasteiger partial charge in [0.2, 0.25) is 5.16 Å². The maximum Gasteiger partial charge on any atom is 0.213 e. The summed E-state index contributed by atoms with van der Waals surface area (Å²) in [5, 5.41) is 7.54. The van der Waals surface area contributed by atoms with E-state index in [4.69, 9.17) is 10.5 Å². The van der Waals surface area contributed by atoms with E-state index in [1.54, 1.807) is 0 Å². The Morgan fingerprint density at radius 2 is 2.28 bits per heavy atom. The zero-order valence-corrected chi connectivity index (χ0v) is 11.3. The second-order valence-electron chi connectivity index (χ2n) is 3.82. The first kappa shape index (κ1) is 12.8. The zero-order chi connectivity index (χ0) is 13.0. The molecule has 0 saturated heterocycles. The second kappa shape index (κ2) is 5.77. The minimum absolute atomic E-state index is 0.637. The number of aryl methyl sites for hydroxylation is 1. The van der Waals surface area contributed by atoms with Crippen molar-refractivity contribution in [1.82, 2.24) is 15.2 Å². The fraction of sp³-hybridized carbons (Fsp3) is 0.333. The quantitative estimate of drug-likeness (QED) is 0.812. The fourth-order valence-electron chi connectivity index (χ4n) is 1.42. The standard InChI is InChI=1S/C12H16N4OS/c1-3-7-17-9-5-4-6-10(11(9)13)18-12-14-8(2)15-16-12/h4-6H,3,7,13H2,1-2H3,(H,14,15,16). The Hall–Kier alpha value is -1.69. The highest BCUT2D eigenvalue weighted by Crippen LogP contribution is 2.35. The molecule has 1 aromatic heterocycles. The van der Waals surface area contributed by atoms with Crippen molar-refractivity contribution in [2.24, 2.45) is 0 Å². The monoisotopic (exact) mass is 264 g/mol. The first-order chi connectivity index (χ1) is 8.70. The van der Waals surface area contributed by atoms with Gasteiger partial charge in [0.1, 0.15) is 11.6 Å². The molecular formula is C12H16N4OS. The van der Waals surface area contributed by atoms with Gasteiger partial charge in [-0.15, -0.1) is 5.10 Å². The SMILES string of the molecule is CCCOc1cccc(Sc2n[nH]c(C)n2)c1N. The number of aromatic amines is 1. The third kappa shape index (κ3) is 2.95. The van der Waals surface area contributed by atoms with Gasteiger partial charge in [-0.05, 0) is 37.2 Å². The van der Waals surface area contributed by atoms with E-state index in [1.165, 1.54) is 11.8 Å². The van der Waals surface area contributed by atoms with Gasteiger partial charge in [0, 0.05) is 4.90 Å². The van der Waals surface area contributed by atoms with Crippen LogP contribution in [0.1, 0.15) is 19.2 Å². The number of hydrogen-bond acceptors (Lipinski definition) is 5. The van der Waals surface area contributed by atoms with Gasteiger partial charge in [-0.25, -0.2) is 4.98 Å². The Kier molecular flexibility index (Phi) is 4.09. The predicted molar refractivity (Wildman–Crippen MR) is 71.9 cm³/mol. The Labute approximate surface area is 110 Å². The molecular weight excluding hydrogens is 248 g/mol. The number of hydrogen-bond donors (Lipinski definition) is 2. The Morgan fingerprint density at radius 1 is 1.44 bits per heavy atom. The van der Waals surface area contributed by atoms with Crippen LogP contribution in [0, 0.1) is 6.92 Å². The molecule has 18 heavy (non-hydrogen) atoms. The highest BCUT2D eigenvalue weighted by atomic mass is 32.2. The summed E-state index contributed by atoms with van der Waals surface area (Å²) < 4.78 is 5.58. The molecule has 0 spiro atoms. The molecule has 1 aromatic carbocycles. The summed E-state index contributed by atoms with van der Waals surface area (Å²) in [4.78, 5) is 5.14. The summed E-state index contributed by atoms with van der Waals surface area (Å²) in [7, 11) is 0. The van der Waals surface area contributed by atoms with Crippen molar-refractivity contribution in [2.45, 2.75) is 30.3 Å². The van der Waals surface area contributed by atoms with Crippen LogP contribution in [-0.4, -0.2) is 21.8 Å². The van der Waals surface area contributed by atoms with Crippen molar-refractivity contribution < 1.29 is 4.74 Å². The highest BCUT2D eigenvalue weighted by molar-refractivity contribution is 7.99. The van der Waals surface area contributed by atoms with Gasteiger partial charge < -0.3 is 10.5 Å². The number of aromatic nitrogens is 3. The summed E-state index contributed by atoms with van der Waals surface area (Å²) in [5.74, 6) is 1.50. The maximum atomic E-state index is 6.07. The first-order valence-electron chi connectivity index (χ1n) is 5.79. The van der Waals surface area contributed by atoms with E-state index < -0.39 is 0 Å². The van der Waals surface area contributed by atoms with E-state index in [2.05, 4.69) is 22.1 Å². The van der Waals surface area contributed by atoms with Gasteiger partial charge in [0.05, 0.1) is 12.3 Å². The predicted octanol–water partition coefficient (Wildman–Crippen LogP) is 2.64. The van der Waals surface area contributed by atoms with Crippen molar-refractivity contribution in [3.05, 3.63) is 24.0 Å². The molecule has 0 amide bonds. The highest BCUT2D eigenvalue weighted by Gasteiger charge is 2.09. The molecule has 96 valence electrons. The number of nitrogens with one attached hydrogen (secondary N) is 1. The lowest BCUT2D eigenvalue weighted by atomic mass is 10.3. The third-order valence-corrected chi connectivity index (χ3v) is 3.21. The second-order valence-corrected chi connectivity index (χ2v) is 4.83. The lowest BCUT2D eigenvalue weighted by Gasteiger charge is -2.10. The molecule has 0 unspecified atom stereocenters. The number of ether oxygens (including phenoxy) is 1. The molecule has 0 aliphatic heterocycles. The molecule has 0 bridgehead atoms. The van der Waals surface area contributed by atoms with E-state index >= 15 is 0 Å². The lowest BCUT2D eigenvalue weighted by Crippen LogP contribution is -2.00. The number of benzene rings is 1. The van der Waals surface area contributed by atoms with Crippen LogP contribution in [0.3, 0.4) is 0 Å². The van der Waals surface area contributed by atoms with Crippen LogP contribution in [0.5, 0.6) is 5.75 Å². The summed E-state index contributed by atoms with van der Waals surface area (Å²) in [5.41, 5.74) is 6.70. The normalized spacial score (nSPS) is 10.6. The maximum absolute atomic E-state index is 6.07. The largest absolute Gasteiger partial charge is 0.491 e. The number of H-pyrrole nitrogens is 1. The van der Waals surface area contributed by atoms with Crippen LogP contribution in [0.25, 0.3) is 0 Å². The molecule has 2 rings (SSSR count). The first-order valence-corrected chi connectivity index (χ1v) is 6.60. The molecule has 2 aromatic rings. The molecule has 0 aliphatic rings. The van der Waals surface area contributed by atoms with Crippen LogP contribution in [-0.2, 0) is 0 Å². The Balaban J connectivity index is 2.17. The third-order valence-electron chi connectivity index (χ3n) is 2.27. The van der Waals surface area contributed by atoms with Crippen LogP contribution in [0.2, 0.25) is 0 Å². The fourth-order valence-corrected chi connectivity index (χ4v) is 2.24.